The molecule has 4 aromatic carbocycles. The zero-order valence-corrected chi connectivity index (χ0v) is 23.1. The summed E-state index contributed by atoms with van der Waals surface area (Å²) in [5.74, 6) is -2.21. The molecule has 1 saturated heterocycles. The van der Waals surface area contributed by atoms with Gasteiger partial charge in [-0.15, -0.1) is 0 Å². The lowest BCUT2D eigenvalue weighted by Crippen LogP contribution is -2.48. The van der Waals surface area contributed by atoms with Crippen LogP contribution in [0.15, 0.2) is 126 Å². The molecule has 0 aromatic heterocycles. The van der Waals surface area contributed by atoms with E-state index in [2.05, 4.69) is 5.32 Å². The number of amides is 1. The molecule has 4 atom stereocenters. The fourth-order valence-corrected chi connectivity index (χ4v) is 7.52. The third-order valence-electron chi connectivity index (χ3n) is 7.44. The van der Waals surface area contributed by atoms with Crippen molar-refractivity contribution < 1.29 is 18.0 Å². The highest BCUT2D eigenvalue weighted by Gasteiger charge is 2.59. The molecule has 4 unspecified atom stereocenters. The van der Waals surface area contributed by atoms with E-state index in [1.165, 1.54) is 16.4 Å². The summed E-state index contributed by atoms with van der Waals surface area (Å²) in [5, 5.41) is 2.94. The number of benzene rings is 4. The Labute approximate surface area is 235 Å². The lowest BCUT2D eigenvalue weighted by molar-refractivity contribution is -0.124. The maximum absolute atomic E-state index is 14.5. The van der Waals surface area contributed by atoms with E-state index in [1.807, 2.05) is 73.7 Å². The van der Waals surface area contributed by atoms with E-state index in [-0.39, 0.29) is 10.7 Å². The van der Waals surface area contributed by atoms with Gasteiger partial charge in [0.15, 0.2) is 5.78 Å². The van der Waals surface area contributed by atoms with E-state index >= 15 is 0 Å². The summed E-state index contributed by atoms with van der Waals surface area (Å²) in [4.78, 5) is 28.6. The van der Waals surface area contributed by atoms with Crippen LogP contribution in [0.25, 0.3) is 0 Å². The van der Waals surface area contributed by atoms with Crippen molar-refractivity contribution in [3.05, 3.63) is 138 Å². The Morgan fingerprint density at radius 1 is 0.725 bits per heavy atom. The van der Waals surface area contributed by atoms with Crippen LogP contribution in [0.4, 0.5) is 0 Å². The fourth-order valence-electron chi connectivity index (χ4n) is 5.70. The average Bonchev–Trinajstić information content (AvgIpc) is 3.38. The Balaban J connectivity index is 1.81. The number of sulfonamides is 1. The number of Topliss-reactive ketones (excluding diaryl/α,β-unsaturated/α-hetero) is 1. The third-order valence-corrected chi connectivity index (χ3v) is 9.32. The van der Waals surface area contributed by atoms with Crippen molar-refractivity contribution in [3.63, 3.8) is 0 Å². The van der Waals surface area contributed by atoms with Gasteiger partial charge in [0.1, 0.15) is 6.04 Å². The predicted octanol–water partition coefficient (Wildman–Crippen LogP) is 5.61. The first-order valence-corrected chi connectivity index (χ1v) is 14.9. The van der Waals surface area contributed by atoms with Crippen LogP contribution in [-0.2, 0) is 14.8 Å². The Morgan fingerprint density at radius 2 is 1.23 bits per heavy atom. The molecule has 1 fully saturated rings. The smallest absolute Gasteiger partial charge is 0.244 e. The van der Waals surface area contributed by atoms with E-state index in [1.54, 1.807) is 42.5 Å². The Kier molecular flexibility index (Phi) is 8.24. The van der Waals surface area contributed by atoms with Gasteiger partial charge in [-0.1, -0.05) is 116 Å². The van der Waals surface area contributed by atoms with Gasteiger partial charge in [0.05, 0.1) is 16.9 Å². The van der Waals surface area contributed by atoms with Crippen LogP contribution in [0.1, 0.15) is 46.8 Å². The molecule has 4 aromatic rings. The number of ketones is 1. The van der Waals surface area contributed by atoms with Gasteiger partial charge in [-0.2, -0.15) is 4.31 Å². The third kappa shape index (κ3) is 5.22. The largest absolute Gasteiger partial charge is 0.355 e. The monoisotopic (exact) mass is 552 g/mol. The van der Waals surface area contributed by atoms with Crippen molar-refractivity contribution in [2.24, 2.45) is 5.92 Å². The SMILES string of the molecule is CCCNC(=O)C1C(c2ccccc2)C(C(=O)c2ccccc2)C(c2ccccc2)N1S(=O)(=O)c1ccccc1. The van der Waals surface area contributed by atoms with Crippen LogP contribution in [-0.4, -0.2) is 37.0 Å². The van der Waals surface area contributed by atoms with Crippen LogP contribution in [0, 0.1) is 5.92 Å². The summed E-state index contributed by atoms with van der Waals surface area (Å²) in [6.45, 7) is 2.33. The molecule has 7 heteroatoms. The minimum atomic E-state index is -4.22. The van der Waals surface area contributed by atoms with Crippen molar-refractivity contribution >= 4 is 21.7 Å². The first-order valence-electron chi connectivity index (χ1n) is 13.5. The highest BCUT2D eigenvalue weighted by molar-refractivity contribution is 7.89. The van der Waals surface area contributed by atoms with Crippen molar-refractivity contribution in [3.8, 4) is 0 Å². The number of hydrogen-bond acceptors (Lipinski definition) is 4. The molecule has 6 nitrogen and oxygen atoms in total. The standard InChI is InChI=1S/C33H32N2O4S/c1-2-23-34-33(37)31-28(24-15-7-3-8-16-24)29(32(36)26-19-11-5-12-20-26)30(25-17-9-4-10-18-25)35(31)40(38,39)27-21-13-6-14-22-27/h3-22,28-31H,2,23H2,1H3,(H,34,37). The zero-order valence-electron chi connectivity index (χ0n) is 22.3. The molecule has 1 N–H and O–H groups in total. The Bertz CT molecular complexity index is 1550. The first-order chi connectivity index (χ1) is 19.4. The molecular weight excluding hydrogens is 520 g/mol. The van der Waals surface area contributed by atoms with Gasteiger partial charge in [0.25, 0.3) is 0 Å². The van der Waals surface area contributed by atoms with Crippen LogP contribution >= 0.6 is 0 Å². The van der Waals surface area contributed by atoms with Gasteiger partial charge in [0, 0.05) is 18.0 Å². The predicted molar refractivity (Wildman–Crippen MR) is 155 cm³/mol. The zero-order chi connectivity index (χ0) is 28.1. The number of hydrogen-bond donors (Lipinski definition) is 1. The van der Waals surface area contributed by atoms with Gasteiger partial charge in [-0.3, -0.25) is 9.59 Å². The van der Waals surface area contributed by atoms with E-state index in [0.29, 0.717) is 24.1 Å². The van der Waals surface area contributed by atoms with Crippen molar-refractivity contribution in [1.82, 2.24) is 9.62 Å². The number of nitrogens with zero attached hydrogens (tertiary/aromatic N) is 1. The topological polar surface area (TPSA) is 83.6 Å². The lowest BCUT2D eigenvalue weighted by Gasteiger charge is -2.30. The number of nitrogens with one attached hydrogen (secondary N) is 1. The summed E-state index contributed by atoms with van der Waals surface area (Å²) in [6, 6.07) is 33.5. The molecule has 0 radical (unpaired) electrons. The fraction of sp³-hybridized carbons (Fsp3) is 0.212. The highest BCUT2D eigenvalue weighted by Crippen LogP contribution is 2.53. The molecule has 40 heavy (non-hydrogen) atoms. The van der Waals surface area contributed by atoms with Gasteiger partial charge >= 0.3 is 0 Å². The molecule has 1 aliphatic rings. The molecule has 1 aliphatic heterocycles. The van der Waals surface area contributed by atoms with Crippen molar-refractivity contribution in [1.29, 1.82) is 0 Å². The molecule has 0 saturated carbocycles. The van der Waals surface area contributed by atoms with Gasteiger partial charge in [-0.05, 0) is 29.7 Å². The first kappa shape index (κ1) is 27.5. The summed E-state index contributed by atoms with van der Waals surface area (Å²) >= 11 is 0. The quantitative estimate of drug-likeness (QED) is 0.274. The molecular formula is C33H32N2O4S. The number of rotatable bonds is 9. The lowest BCUT2D eigenvalue weighted by atomic mass is 9.76. The van der Waals surface area contributed by atoms with E-state index in [9.17, 15) is 18.0 Å². The van der Waals surface area contributed by atoms with Crippen LogP contribution in [0.5, 0.6) is 0 Å². The number of carbonyl (C=O) groups excluding carboxylic acids is 2. The minimum absolute atomic E-state index is 0.0730. The minimum Gasteiger partial charge on any atom is -0.355 e. The summed E-state index contributed by atoms with van der Waals surface area (Å²) in [7, 11) is -4.22. The molecule has 0 aliphatic carbocycles. The Hall–Kier alpha value is -4.07. The second-order valence-corrected chi connectivity index (χ2v) is 11.8. The van der Waals surface area contributed by atoms with E-state index in [0.717, 1.165) is 5.56 Å². The van der Waals surface area contributed by atoms with Crippen molar-refractivity contribution in [2.75, 3.05) is 6.54 Å². The van der Waals surface area contributed by atoms with Crippen LogP contribution < -0.4 is 5.32 Å². The van der Waals surface area contributed by atoms with Gasteiger partial charge in [0.2, 0.25) is 15.9 Å². The van der Waals surface area contributed by atoms with Gasteiger partial charge < -0.3 is 5.32 Å². The normalized spacial score (nSPS) is 21.1. The second-order valence-electron chi connectivity index (χ2n) is 9.93. The van der Waals surface area contributed by atoms with Crippen LogP contribution in [0.3, 0.4) is 0 Å². The number of carbonyl (C=O) groups is 2. The van der Waals surface area contributed by atoms with Crippen molar-refractivity contribution in [2.45, 2.75) is 36.2 Å². The molecule has 1 heterocycles. The van der Waals surface area contributed by atoms with Gasteiger partial charge in [-0.25, -0.2) is 8.42 Å². The van der Waals surface area contributed by atoms with Crippen LogP contribution in [0.2, 0.25) is 0 Å². The Morgan fingerprint density at radius 3 is 1.77 bits per heavy atom. The highest BCUT2D eigenvalue weighted by atomic mass is 32.2. The summed E-state index contributed by atoms with van der Waals surface area (Å²) < 4.78 is 30.3. The summed E-state index contributed by atoms with van der Waals surface area (Å²) in [5.41, 5.74) is 1.86. The molecule has 0 bridgehead atoms. The molecule has 1 amide bonds. The molecule has 204 valence electrons. The maximum atomic E-state index is 14.5. The van der Waals surface area contributed by atoms with E-state index < -0.39 is 39.8 Å². The summed E-state index contributed by atoms with van der Waals surface area (Å²) in [6.07, 6.45) is 0.689. The maximum Gasteiger partial charge on any atom is 0.244 e. The average molecular weight is 553 g/mol. The second kappa shape index (κ2) is 12.0. The van der Waals surface area contributed by atoms with E-state index in [4.69, 9.17) is 0 Å². The molecule has 5 rings (SSSR count). The molecule has 0 spiro atoms.